The molecule has 0 aromatic heterocycles. The van der Waals surface area contributed by atoms with Gasteiger partial charge < -0.3 is 15.0 Å². The summed E-state index contributed by atoms with van der Waals surface area (Å²) in [6, 6.07) is 7.03. The molecule has 0 fully saturated rings. The molecule has 0 radical (unpaired) electrons. The number of nitrogens with one attached hydrogen (secondary N) is 1. The van der Waals surface area contributed by atoms with Crippen molar-refractivity contribution in [1.82, 2.24) is 5.32 Å². The van der Waals surface area contributed by atoms with E-state index in [-0.39, 0.29) is 5.41 Å². The van der Waals surface area contributed by atoms with E-state index in [4.69, 9.17) is 4.74 Å². The van der Waals surface area contributed by atoms with Gasteiger partial charge in [-0.2, -0.15) is 0 Å². The zero-order valence-electron chi connectivity index (χ0n) is 12.8. The minimum Gasteiger partial charge on any atom is -0.489 e. The van der Waals surface area contributed by atoms with Gasteiger partial charge in [0.1, 0.15) is 12.4 Å². The van der Waals surface area contributed by atoms with Crippen LogP contribution >= 0.6 is 0 Å². The summed E-state index contributed by atoms with van der Waals surface area (Å²) in [5.41, 5.74) is 2.75. The zero-order chi connectivity index (χ0) is 14.0. The standard InChI is InChI=1S/C16H26N2O/c1-16(2,3)12-6-7-15-14(10-12)18(5)13(11-19-15)8-9-17-4/h6-7,10,13,17H,8-9,11H2,1-5H3. The molecule has 1 aliphatic rings. The number of anilines is 1. The second kappa shape index (κ2) is 5.41. The van der Waals surface area contributed by atoms with Crippen LogP contribution in [0.5, 0.6) is 5.75 Å². The fourth-order valence-corrected chi connectivity index (χ4v) is 2.46. The van der Waals surface area contributed by atoms with Gasteiger partial charge in [0.25, 0.3) is 0 Å². The number of nitrogens with zero attached hydrogens (tertiary/aromatic N) is 1. The highest BCUT2D eigenvalue weighted by atomic mass is 16.5. The molecule has 2 rings (SSSR count). The van der Waals surface area contributed by atoms with Gasteiger partial charge in [-0.3, -0.25) is 0 Å². The van der Waals surface area contributed by atoms with Gasteiger partial charge in [-0.1, -0.05) is 26.8 Å². The molecule has 1 atom stereocenters. The molecule has 3 nitrogen and oxygen atoms in total. The van der Waals surface area contributed by atoms with Crippen LogP contribution in [0.4, 0.5) is 5.69 Å². The van der Waals surface area contributed by atoms with E-state index in [9.17, 15) is 0 Å². The molecule has 0 saturated heterocycles. The smallest absolute Gasteiger partial charge is 0.142 e. The van der Waals surface area contributed by atoms with E-state index in [0.717, 1.165) is 25.3 Å². The predicted molar refractivity (Wildman–Crippen MR) is 81.4 cm³/mol. The van der Waals surface area contributed by atoms with Crippen molar-refractivity contribution in [2.45, 2.75) is 38.6 Å². The van der Waals surface area contributed by atoms with Gasteiger partial charge in [0, 0.05) is 7.05 Å². The van der Waals surface area contributed by atoms with E-state index in [1.807, 2.05) is 7.05 Å². The topological polar surface area (TPSA) is 24.5 Å². The molecule has 1 unspecified atom stereocenters. The Morgan fingerprint density at radius 1 is 1.37 bits per heavy atom. The maximum absolute atomic E-state index is 5.90. The normalized spacial score (nSPS) is 19.0. The maximum Gasteiger partial charge on any atom is 0.142 e. The van der Waals surface area contributed by atoms with E-state index >= 15 is 0 Å². The van der Waals surface area contributed by atoms with Gasteiger partial charge in [0.05, 0.1) is 11.7 Å². The molecule has 0 spiro atoms. The number of fused-ring (bicyclic) bond motifs is 1. The largest absolute Gasteiger partial charge is 0.489 e. The number of rotatable bonds is 3. The van der Waals surface area contributed by atoms with Crippen molar-refractivity contribution in [2.24, 2.45) is 0 Å². The Morgan fingerprint density at radius 3 is 2.74 bits per heavy atom. The molecule has 19 heavy (non-hydrogen) atoms. The first kappa shape index (κ1) is 14.2. The summed E-state index contributed by atoms with van der Waals surface area (Å²) >= 11 is 0. The summed E-state index contributed by atoms with van der Waals surface area (Å²) in [5, 5.41) is 3.21. The number of likely N-dealkylation sites (N-methyl/N-ethyl adjacent to an activating group) is 1. The fourth-order valence-electron chi connectivity index (χ4n) is 2.46. The SMILES string of the molecule is CNCCC1COc2ccc(C(C)(C)C)cc2N1C. The van der Waals surface area contributed by atoms with Crippen LogP contribution in [0.1, 0.15) is 32.8 Å². The van der Waals surface area contributed by atoms with E-state index in [0.29, 0.717) is 6.04 Å². The minimum absolute atomic E-state index is 0.174. The lowest BCUT2D eigenvalue weighted by molar-refractivity contribution is 0.259. The Labute approximate surface area is 116 Å². The Bertz CT molecular complexity index is 437. The van der Waals surface area contributed by atoms with Crippen LogP contribution in [0.15, 0.2) is 18.2 Å². The summed E-state index contributed by atoms with van der Waals surface area (Å²) in [5.74, 6) is 1.01. The van der Waals surface area contributed by atoms with E-state index < -0.39 is 0 Å². The molecule has 3 heteroatoms. The van der Waals surface area contributed by atoms with Crippen molar-refractivity contribution in [2.75, 3.05) is 32.1 Å². The van der Waals surface area contributed by atoms with Crippen LogP contribution in [0.25, 0.3) is 0 Å². The van der Waals surface area contributed by atoms with E-state index in [2.05, 4.69) is 56.2 Å². The molecule has 0 aliphatic carbocycles. The molecular weight excluding hydrogens is 236 g/mol. The fraction of sp³-hybridized carbons (Fsp3) is 0.625. The first-order valence-corrected chi connectivity index (χ1v) is 7.08. The van der Waals surface area contributed by atoms with Crippen LogP contribution < -0.4 is 15.0 Å². The lowest BCUT2D eigenvalue weighted by Gasteiger charge is -2.37. The molecule has 106 valence electrons. The first-order valence-electron chi connectivity index (χ1n) is 7.08. The third-order valence-corrected chi connectivity index (χ3v) is 3.91. The minimum atomic E-state index is 0.174. The molecule has 1 heterocycles. The Morgan fingerprint density at radius 2 is 2.11 bits per heavy atom. The van der Waals surface area contributed by atoms with Crippen molar-refractivity contribution in [3.63, 3.8) is 0 Å². The number of benzene rings is 1. The van der Waals surface area contributed by atoms with E-state index in [1.165, 1.54) is 11.3 Å². The highest BCUT2D eigenvalue weighted by Crippen LogP contribution is 2.37. The highest BCUT2D eigenvalue weighted by molar-refractivity contribution is 5.62. The van der Waals surface area contributed by atoms with Gasteiger partial charge >= 0.3 is 0 Å². The third-order valence-electron chi connectivity index (χ3n) is 3.91. The van der Waals surface area contributed by atoms with Crippen molar-refractivity contribution >= 4 is 5.69 Å². The monoisotopic (exact) mass is 262 g/mol. The second-order valence-corrected chi connectivity index (χ2v) is 6.40. The molecule has 1 aromatic rings. The van der Waals surface area contributed by atoms with Crippen LogP contribution in [0.2, 0.25) is 0 Å². The van der Waals surface area contributed by atoms with Crippen LogP contribution in [0.3, 0.4) is 0 Å². The molecule has 1 aromatic carbocycles. The molecule has 1 N–H and O–H groups in total. The second-order valence-electron chi connectivity index (χ2n) is 6.40. The first-order chi connectivity index (χ1) is 8.93. The molecule has 0 saturated carbocycles. The summed E-state index contributed by atoms with van der Waals surface area (Å²) in [4.78, 5) is 2.37. The predicted octanol–water partition coefficient (Wildman–Crippen LogP) is 2.79. The Kier molecular flexibility index (Phi) is 4.04. The van der Waals surface area contributed by atoms with Crippen molar-refractivity contribution < 1.29 is 4.74 Å². The van der Waals surface area contributed by atoms with Gasteiger partial charge in [-0.15, -0.1) is 0 Å². The molecule has 0 bridgehead atoms. The van der Waals surface area contributed by atoms with E-state index in [1.54, 1.807) is 0 Å². The molecular formula is C16H26N2O. The zero-order valence-corrected chi connectivity index (χ0v) is 12.8. The molecule has 0 amide bonds. The Hall–Kier alpha value is -1.22. The van der Waals surface area contributed by atoms with Crippen molar-refractivity contribution in [3.8, 4) is 5.75 Å². The van der Waals surface area contributed by atoms with Gasteiger partial charge in [-0.05, 0) is 43.1 Å². The number of ether oxygens (including phenoxy) is 1. The van der Waals surface area contributed by atoms with Crippen molar-refractivity contribution in [3.05, 3.63) is 23.8 Å². The number of hydrogen-bond acceptors (Lipinski definition) is 3. The third kappa shape index (κ3) is 3.03. The molecule has 1 aliphatic heterocycles. The van der Waals surface area contributed by atoms with Crippen LogP contribution in [0, 0.1) is 0 Å². The highest BCUT2D eigenvalue weighted by Gasteiger charge is 2.26. The van der Waals surface area contributed by atoms with Gasteiger partial charge in [-0.25, -0.2) is 0 Å². The lowest BCUT2D eigenvalue weighted by atomic mass is 9.86. The summed E-state index contributed by atoms with van der Waals surface area (Å²) < 4.78 is 5.90. The number of hydrogen-bond donors (Lipinski definition) is 1. The van der Waals surface area contributed by atoms with Gasteiger partial charge in [0.2, 0.25) is 0 Å². The average molecular weight is 262 g/mol. The Balaban J connectivity index is 2.25. The van der Waals surface area contributed by atoms with Crippen molar-refractivity contribution in [1.29, 1.82) is 0 Å². The summed E-state index contributed by atoms with van der Waals surface area (Å²) in [6.07, 6.45) is 1.10. The lowest BCUT2D eigenvalue weighted by Crippen LogP contribution is -2.42. The summed E-state index contributed by atoms with van der Waals surface area (Å²) in [6.45, 7) is 8.54. The average Bonchev–Trinajstić information content (AvgIpc) is 2.37. The quantitative estimate of drug-likeness (QED) is 0.906. The summed E-state index contributed by atoms with van der Waals surface area (Å²) in [7, 11) is 4.17. The maximum atomic E-state index is 5.90. The van der Waals surface area contributed by atoms with Crippen LogP contribution in [-0.2, 0) is 5.41 Å². The van der Waals surface area contributed by atoms with Gasteiger partial charge in [0.15, 0.2) is 0 Å². The van der Waals surface area contributed by atoms with Crippen LogP contribution in [-0.4, -0.2) is 33.3 Å².